The fourth-order valence-electron chi connectivity index (χ4n) is 5.37. The van der Waals surface area contributed by atoms with Gasteiger partial charge in [0.1, 0.15) is 17.5 Å². The average molecular weight is 576 g/mol. The maximum Gasteiger partial charge on any atom is 0.261 e. The highest BCUT2D eigenvalue weighted by molar-refractivity contribution is 6.07. The smallest absolute Gasteiger partial charge is 0.261 e. The van der Waals surface area contributed by atoms with Crippen LogP contribution in [0.4, 0.5) is 10.1 Å². The molecule has 0 aliphatic carbocycles. The van der Waals surface area contributed by atoms with E-state index in [0.29, 0.717) is 28.7 Å². The monoisotopic (exact) mass is 575 g/mol. The first-order valence-electron chi connectivity index (χ1n) is 14.2. The first kappa shape index (κ1) is 27.8. The molecule has 0 aliphatic rings. The third-order valence-corrected chi connectivity index (χ3v) is 7.56. The van der Waals surface area contributed by atoms with E-state index in [9.17, 15) is 9.59 Å². The van der Waals surface area contributed by atoms with Gasteiger partial charge < -0.3 is 19.6 Å². The molecule has 3 aromatic heterocycles. The van der Waals surface area contributed by atoms with Crippen LogP contribution in [0.3, 0.4) is 0 Å². The molecule has 0 bridgehead atoms. The van der Waals surface area contributed by atoms with E-state index < -0.39 is 11.7 Å². The molecular formula is C34H30FN5O3. The van der Waals surface area contributed by atoms with Crippen LogP contribution in [0.25, 0.3) is 33.1 Å². The number of rotatable bonds is 8. The standard InChI is InChI=1S/C34H30FN5O3/c1-4-5-15-40-21(3)29(31(41)24-16-20(2)11-13-27(24)40)33(42)39-23-12-14-28(26(35)17-23)43-34-30-25(22-9-7-6-8-10-22)18-36-32(30)37-19-38-34/h6-14,16-19H,4-5,15H2,1-3H3,(H,39,42)(H,36,37,38). The number of halogens is 1. The summed E-state index contributed by atoms with van der Waals surface area (Å²) >= 11 is 0. The number of unbranched alkanes of at least 4 members (excludes halogenated alkanes) is 1. The van der Waals surface area contributed by atoms with Crippen LogP contribution in [0.2, 0.25) is 0 Å². The number of H-pyrrole nitrogens is 1. The molecule has 0 aliphatic heterocycles. The summed E-state index contributed by atoms with van der Waals surface area (Å²) < 4.78 is 23.3. The minimum absolute atomic E-state index is 0.0409. The molecule has 9 heteroatoms. The molecule has 216 valence electrons. The van der Waals surface area contributed by atoms with Crippen LogP contribution in [-0.2, 0) is 6.54 Å². The second kappa shape index (κ2) is 11.5. The van der Waals surface area contributed by atoms with Crippen LogP contribution in [0.15, 0.2) is 84.0 Å². The molecule has 3 heterocycles. The molecule has 3 aromatic carbocycles. The maximum absolute atomic E-state index is 15.4. The van der Waals surface area contributed by atoms with Gasteiger partial charge in [0.2, 0.25) is 11.3 Å². The van der Waals surface area contributed by atoms with Gasteiger partial charge in [-0.05, 0) is 50.1 Å². The summed E-state index contributed by atoms with van der Waals surface area (Å²) in [7, 11) is 0. The number of carbonyl (C=O) groups excluding carboxylic acids is 1. The summed E-state index contributed by atoms with van der Waals surface area (Å²) in [5.41, 5.74) is 4.48. The van der Waals surface area contributed by atoms with Crippen molar-refractivity contribution in [2.45, 2.75) is 40.2 Å². The third kappa shape index (κ3) is 5.25. The number of hydrogen-bond acceptors (Lipinski definition) is 5. The van der Waals surface area contributed by atoms with Gasteiger partial charge in [-0.2, -0.15) is 0 Å². The van der Waals surface area contributed by atoms with Crippen LogP contribution in [0.1, 0.15) is 41.4 Å². The van der Waals surface area contributed by atoms with E-state index in [0.717, 1.165) is 41.1 Å². The summed E-state index contributed by atoms with van der Waals surface area (Å²) in [6.45, 7) is 6.45. The van der Waals surface area contributed by atoms with Crippen molar-refractivity contribution in [3.05, 3.63) is 112 Å². The molecule has 0 fully saturated rings. The number of aryl methyl sites for hydroxylation is 2. The zero-order valence-corrected chi connectivity index (χ0v) is 24.1. The van der Waals surface area contributed by atoms with E-state index >= 15 is 4.39 Å². The summed E-state index contributed by atoms with van der Waals surface area (Å²) in [6, 6.07) is 19.5. The predicted octanol–water partition coefficient (Wildman–Crippen LogP) is 7.54. The van der Waals surface area contributed by atoms with E-state index in [4.69, 9.17) is 4.74 Å². The zero-order chi connectivity index (χ0) is 30.1. The second-order valence-corrected chi connectivity index (χ2v) is 10.5. The number of benzene rings is 3. The van der Waals surface area contributed by atoms with Crippen LogP contribution < -0.4 is 15.5 Å². The highest BCUT2D eigenvalue weighted by Gasteiger charge is 2.21. The van der Waals surface area contributed by atoms with Gasteiger partial charge in [-0.15, -0.1) is 0 Å². The fraction of sp³-hybridized carbons (Fsp3) is 0.176. The molecule has 0 unspecified atom stereocenters. The van der Waals surface area contributed by atoms with Gasteiger partial charge >= 0.3 is 0 Å². The van der Waals surface area contributed by atoms with E-state index in [1.54, 1.807) is 13.0 Å². The van der Waals surface area contributed by atoms with E-state index in [1.807, 2.05) is 60.2 Å². The van der Waals surface area contributed by atoms with Crippen LogP contribution in [-0.4, -0.2) is 25.4 Å². The minimum Gasteiger partial charge on any atom is -0.435 e. The van der Waals surface area contributed by atoms with Crippen molar-refractivity contribution in [1.29, 1.82) is 0 Å². The Hall–Kier alpha value is -5.31. The topological polar surface area (TPSA) is 102 Å². The number of nitrogens with one attached hydrogen (secondary N) is 2. The van der Waals surface area contributed by atoms with Gasteiger partial charge in [0, 0.05) is 41.1 Å². The van der Waals surface area contributed by atoms with Crippen LogP contribution >= 0.6 is 0 Å². The van der Waals surface area contributed by atoms with Gasteiger partial charge in [-0.1, -0.05) is 55.3 Å². The zero-order valence-electron chi connectivity index (χ0n) is 24.1. The van der Waals surface area contributed by atoms with Gasteiger partial charge in [0.25, 0.3) is 5.91 Å². The van der Waals surface area contributed by atoms with E-state index in [1.165, 1.54) is 18.5 Å². The Morgan fingerprint density at radius 2 is 1.86 bits per heavy atom. The molecule has 6 rings (SSSR count). The Morgan fingerprint density at radius 3 is 2.63 bits per heavy atom. The number of aromatic amines is 1. The number of ether oxygens (including phenoxy) is 1. The first-order chi connectivity index (χ1) is 20.9. The molecule has 0 saturated carbocycles. The third-order valence-electron chi connectivity index (χ3n) is 7.56. The number of fused-ring (bicyclic) bond motifs is 2. The van der Waals surface area contributed by atoms with Gasteiger partial charge in [-0.3, -0.25) is 9.59 Å². The van der Waals surface area contributed by atoms with Crippen molar-refractivity contribution in [3.63, 3.8) is 0 Å². The van der Waals surface area contributed by atoms with Crippen molar-refractivity contribution in [2.24, 2.45) is 0 Å². The Bertz CT molecular complexity index is 2050. The Kier molecular flexibility index (Phi) is 7.46. The number of anilines is 1. The lowest BCUT2D eigenvalue weighted by molar-refractivity contribution is 0.102. The van der Waals surface area contributed by atoms with Gasteiger partial charge in [0.05, 0.1) is 10.9 Å². The largest absolute Gasteiger partial charge is 0.435 e. The molecule has 0 radical (unpaired) electrons. The Balaban J connectivity index is 1.31. The average Bonchev–Trinajstić information content (AvgIpc) is 3.44. The molecule has 0 atom stereocenters. The van der Waals surface area contributed by atoms with Crippen molar-refractivity contribution >= 4 is 33.5 Å². The predicted molar refractivity (Wildman–Crippen MR) is 166 cm³/mol. The van der Waals surface area contributed by atoms with Crippen molar-refractivity contribution in [3.8, 4) is 22.8 Å². The number of carbonyl (C=O) groups is 1. The minimum atomic E-state index is -0.701. The van der Waals surface area contributed by atoms with E-state index in [2.05, 4.69) is 27.2 Å². The highest BCUT2D eigenvalue weighted by Crippen LogP contribution is 2.36. The summed E-state index contributed by atoms with van der Waals surface area (Å²) in [4.78, 5) is 38.7. The lowest BCUT2D eigenvalue weighted by atomic mass is 10.0. The lowest BCUT2D eigenvalue weighted by Crippen LogP contribution is -2.27. The first-order valence-corrected chi connectivity index (χ1v) is 14.2. The Morgan fingerprint density at radius 1 is 1.05 bits per heavy atom. The van der Waals surface area contributed by atoms with Gasteiger partial charge in [-0.25, -0.2) is 14.4 Å². The lowest BCUT2D eigenvalue weighted by Gasteiger charge is -2.18. The number of hydrogen-bond donors (Lipinski definition) is 2. The molecule has 0 spiro atoms. The maximum atomic E-state index is 15.4. The van der Waals surface area contributed by atoms with Crippen LogP contribution in [0.5, 0.6) is 11.6 Å². The molecular weight excluding hydrogens is 545 g/mol. The summed E-state index contributed by atoms with van der Waals surface area (Å²) in [5.74, 6) is -1.18. The number of pyridine rings is 1. The molecule has 1 amide bonds. The molecule has 6 aromatic rings. The van der Waals surface area contributed by atoms with Crippen molar-refractivity contribution < 1.29 is 13.9 Å². The number of nitrogens with zero attached hydrogens (tertiary/aromatic N) is 3. The number of aromatic nitrogens is 4. The molecule has 8 nitrogen and oxygen atoms in total. The fourth-order valence-corrected chi connectivity index (χ4v) is 5.37. The SMILES string of the molecule is CCCCn1c(C)c(C(=O)Nc2ccc(Oc3ncnc4[nH]cc(-c5ccccc5)c34)c(F)c2)c(=O)c2cc(C)ccc21. The number of amides is 1. The second-order valence-electron chi connectivity index (χ2n) is 10.5. The highest BCUT2D eigenvalue weighted by atomic mass is 19.1. The molecule has 0 saturated heterocycles. The summed E-state index contributed by atoms with van der Waals surface area (Å²) in [5, 5.41) is 3.81. The molecule has 43 heavy (non-hydrogen) atoms. The molecule has 2 N–H and O–H groups in total. The Labute approximate surface area is 247 Å². The van der Waals surface area contributed by atoms with Gasteiger partial charge in [0.15, 0.2) is 11.6 Å². The van der Waals surface area contributed by atoms with Crippen molar-refractivity contribution in [2.75, 3.05) is 5.32 Å². The van der Waals surface area contributed by atoms with E-state index in [-0.39, 0.29) is 28.3 Å². The normalized spacial score (nSPS) is 11.3. The van der Waals surface area contributed by atoms with Crippen molar-refractivity contribution in [1.82, 2.24) is 19.5 Å². The van der Waals surface area contributed by atoms with Crippen LogP contribution in [0, 0.1) is 19.7 Å². The summed E-state index contributed by atoms with van der Waals surface area (Å²) in [6.07, 6.45) is 5.01. The quantitative estimate of drug-likeness (QED) is 0.195.